The van der Waals surface area contributed by atoms with Crippen molar-refractivity contribution in [2.45, 2.75) is 25.7 Å². The third-order valence-corrected chi connectivity index (χ3v) is 5.77. The van der Waals surface area contributed by atoms with Gasteiger partial charge in [0.1, 0.15) is 5.82 Å². The van der Waals surface area contributed by atoms with Crippen LogP contribution >= 0.6 is 0 Å². The van der Waals surface area contributed by atoms with Crippen LogP contribution in [0.25, 0.3) is 0 Å². The van der Waals surface area contributed by atoms with Gasteiger partial charge >= 0.3 is 6.03 Å². The molecule has 0 radical (unpaired) electrons. The summed E-state index contributed by atoms with van der Waals surface area (Å²) < 4.78 is 13.0. The number of likely N-dealkylation sites (N-methyl/N-ethyl adjacent to an activating group) is 1. The molecule has 27 heavy (non-hydrogen) atoms. The quantitative estimate of drug-likeness (QED) is 0.879. The molecule has 3 amide bonds. The summed E-state index contributed by atoms with van der Waals surface area (Å²) in [5, 5.41) is 2.83. The molecule has 2 aliphatic rings. The van der Waals surface area contributed by atoms with Crippen LogP contribution in [0, 0.1) is 11.2 Å². The predicted molar refractivity (Wildman–Crippen MR) is 103 cm³/mol. The minimum atomic E-state index is -0.321. The number of halogens is 1. The van der Waals surface area contributed by atoms with E-state index >= 15 is 0 Å². The van der Waals surface area contributed by atoms with Crippen LogP contribution in [0.1, 0.15) is 25.7 Å². The van der Waals surface area contributed by atoms with Gasteiger partial charge in [0.25, 0.3) is 0 Å². The summed E-state index contributed by atoms with van der Waals surface area (Å²) in [6.45, 7) is 3.80. The molecule has 0 saturated carbocycles. The van der Waals surface area contributed by atoms with Gasteiger partial charge in [0.2, 0.25) is 5.91 Å². The summed E-state index contributed by atoms with van der Waals surface area (Å²) in [7, 11) is 4.03. The molecule has 1 aromatic rings. The minimum absolute atomic E-state index is 0.132. The Hall–Kier alpha value is -2.15. The maximum Gasteiger partial charge on any atom is 0.321 e. The molecule has 0 unspecified atom stereocenters. The van der Waals surface area contributed by atoms with Crippen molar-refractivity contribution in [1.82, 2.24) is 14.7 Å². The van der Waals surface area contributed by atoms with E-state index < -0.39 is 0 Å². The van der Waals surface area contributed by atoms with Crippen molar-refractivity contribution in [1.29, 1.82) is 0 Å². The Labute approximate surface area is 160 Å². The summed E-state index contributed by atoms with van der Waals surface area (Å²) in [5.41, 5.74) is 0.729. The molecule has 148 valence electrons. The van der Waals surface area contributed by atoms with Crippen molar-refractivity contribution >= 4 is 17.6 Å². The number of nitrogens with one attached hydrogen (secondary N) is 1. The lowest BCUT2D eigenvalue weighted by Crippen LogP contribution is -2.53. The minimum Gasteiger partial charge on any atom is -0.341 e. The Balaban J connectivity index is 1.53. The number of hydrogen-bond donors (Lipinski definition) is 1. The summed E-state index contributed by atoms with van der Waals surface area (Å²) in [5.74, 6) is -0.0717. The molecule has 2 fully saturated rings. The first kappa shape index (κ1) is 19.6. The Bertz CT molecular complexity index is 669. The summed E-state index contributed by atoms with van der Waals surface area (Å²) >= 11 is 0. The molecule has 7 heteroatoms. The first-order valence-electron chi connectivity index (χ1n) is 9.61. The number of urea groups is 1. The van der Waals surface area contributed by atoms with Gasteiger partial charge < -0.3 is 20.0 Å². The molecule has 1 N–H and O–H groups in total. The van der Waals surface area contributed by atoms with E-state index in [1.54, 1.807) is 12.1 Å². The van der Waals surface area contributed by atoms with Crippen LogP contribution in [-0.4, -0.2) is 73.5 Å². The van der Waals surface area contributed by atoms with E-state index in [9.17, 15) is 14.0 Å². The van der Waals surface area contributed by atoms with E-state index in [0.29, 0.717) is 25.2 Å². The number of rotatable bonds is 4. The first-order chi connectivity index (χ1) is 12.9. The number of amides is 3. The number of nitrogens with zero attached hydrogens (tertiary/aromatic N) is 3. The molecular weight excluding hydrogens is 347 g/mol. The van der Waals surface area contributed by atoms with Gasteiger partial charge in [-0.3, -0.25) is 4.79 Å². The standard InChI is InChI=1S/C20H29FN4O2/c1-23(2)13-14-25-15-20(8-7-18(25)26)9-11-24(12-10-20)19(27)22-17-5-3-16(21)4-6-17/h3-6H,7-15H2,1-2H3,(H,22,27). The van der Waals surface area contributed by atoms with E-state index in [0.717, 1.165) is 38.9 Å². The second kappa shape index (κ2) is 8.25. The molecule has 1 spiro atoms. The molecule has 0 atom stereocenters. The second-order valence-electron chi connectivity index (χ2n) is 8.04. The number of likely N-dealkylation sites (tertiary alicyclic amines) is 2. The van der Waals surface area contributed by atoms with Gasteiger partial charge in [-0.05, 0) is 63.0 Å². The van der Waals surface area contributed by atoms with E-state index in [1.807, 2.05) is 23.9 Å². The summed E-state index contributed by atoms with van der Waals surface area (Å²) in [4.78, 5) is 30.6. The van der Waals surface area contributed by atoms with Crippen molar-refractivity contribution in [3.63, 3.8) is 0 Å². The van der Waals surface area contributed by atoms with Crippen molar-refractivity contribution in [2.75, 3.05) is 52.1 Å². The number of benzene rings is 1. The largest absolute Gasteiger partial charge is 0.341 e. The molecular formula is C20H29FN4O2. The van der Waals surface area contributed by atoms with Gasteiger partial charge in [0, 0.05) is 44.8 Å². The van der Waals surface area contributed by atoms with Gasteiger partial charge in [0.15, 0.2) is 0 Å². The molecule has 2 heterocycles. The van der Waals surface area contributed by atoms with Crippen LogP contribution in [0.15, 0.2) is 24.3 Å². The lowest BCUT2D eigenvalue weighted by atomic mass is 9.72. The smallest absolute Gasteiger partial charge is 0.321 e. The average molecular weight is 376 g/mol. The molecule has 2 saturated heterocycles. The highest BCUT2D eigenvalue weighted by atomic mass is 19.1. The fraction of sp³-hybridized carbons (Fsp3) is 0.600. The average Bonchev–Trinajstić information content (AvgIpc) is 2.65. The predicted octanol–water partition coefficient (Wildman–Crippen LogP) is 2.62. The van der Waals surface area contributed by atoms with Gasteiger partial charge in [0.05, 0.1) is 0 Å². The normalized spacial score (nSPS) is 19.6. The molecule has 6 nitrogen and oxygen atoms in total. The number of carbonyl (C=O) groups excluding carboxylic acids is 2. The zero-order valence-corrected chi connectivity index (χ0v) is 16.2. The first-order valence-corrected chi connectivity index (χ1v) is 9.61. The highest BCUT2D eigenvalue weighted by molar-refractivity contribution is 5.89. The van der Waals surface area contributed by atoms with Crippen molar-refractivity contribution in [3.8, 4) is 0 Å². The Morgan fingerprint density at radius 1 is 1.19 bits per heavy atom. The third kappa shape index (κ3) is 4.97. The highest BCUT2D eigenvalue weighted by Gasteiger charge is 2.41. The van der Waals surface area contributed by atoms with Crippen molar-refractivity contribution in [3.05, 3.63) is 30.1 Å². The Kier molecular flexibility index (Phi) is 5.99. The molecule has 1 aromatic carbocycles. The van der Waals surface area contributed by atoms with E-state index in [-0.39, 0.29) is 23.2 Å². The van der Waals surface area contributed by atoms with Crippen molar-refractivity contribution < 1.29 is 14.0 Å². The van der Waals surface area contributed by atoms with E-state index in [4.69, 9.17) is 0 Å². The lowest BCUT2D eigenvalue weighted by Gasteiger charge is -2.47. The maximum absolute atomic E-state index is 13.0. The summed E-state index contributed by atoms with van der Waals surface area (Å²) in [6.07, 6.45) is 3.35. The van der Waals surface area contributed by atoms with Crippen LogP contribution < -0.4 is 5.32 Å². The monoisotopic (exact) mass is 376 g/mol. The third-order valence-electron chi connectivity index (χ3n) is 5.77. The van der Waals surface area contributed by atoms with E-state index in [1.165, 1.54) is 12.1 Å². The summed E-state index contributed by atoms with van der Waals surface area (Å²) in [6, 6.07) is 5.65. The topological polar surface area (TPSA) is 55.9 Å². The molecule has 0 bridgehead atoms. The van der Waals surface area contributed by atoms with Crippen molar-refractivity contribution in [2.24, 2.45) is 5.41 Å². The van der Waals surface area contributed by atoms with Crippen LogP contribution in [0.3, 0.4) is 0 Å². The highest BCUT2D eigenvalue weighted by Crippen LogP contribution is 2.40. The van der Waals surface area contributed by atoms with Crippen LogP contribution in [-0.2, 0) is 4.79 Å². The van der Waals surface area contributed by atoms with Crippen LogP contribution in [0.4, 0.5) is 14.9 Å². The molecule has 2 aliphatic heterocycles. The Morgan fingerprint density at radius 3 is 2.48 bits per heavy atom. The van der Waals surface area contributed by atoms with Crippen LogP contribution in [0.5, 0.6) is 0 Å². The van der Waals surface area contributed by atoms with Gasteiger partial charge in [-0.1, -0.05) is 0 Å². The van der Waals surface area contributed by atoms with E-state index in [2.05, 4.69) is 10.2 Å². The number of hydrogen-bond acceptors (Lipinski definition) is 3. The molecule has 0 aliphatic carbocycles. The molecule has 0 aromatic heterocycles. The number of anilines is 1. The van der Waals surface area contributed by atoms with Gasteiger partial charge in [-0.25, -0.2) is 9.18 Å². The van der Waals surface area contributed by atoms with Crippen LogP contribution in [0.2, 0.25) is 0 Å². The fourth-order valence-corrected chi connectivity index (χ4v) is 3.95. The zero-order chi connectivity index (χ0) is 19.4. The number of piperidine rings is 2. The van der Waals surface area contributed by atoms with Gasteiger partial charge in [-0.2, -0.15) is 0 Å². The Morgan fingerprint density at radius 2 is 1.85 bits per heavy atom. The van der Waals surface area contributed by atoms with Gasteiger partial charge in [-0.15, -0.1) is 0 Å². The molecule has 3 rings (SSSR count). The fourth-order valence-electron chi connectivity index (χ4n) is 3.95. The second-order valence-corrected chi connectivity index (χ2v) is 8.04. The number of carbonyl (C=O) groups is 2. The maximum atomic E-state index is 13.0. The zero-order valence-electron chi connectivity index (χ0n) is 16.2. The lowest BCUT2D eigenvalue weighted by molar-refractivity contribution is -0.139. The SMILES string of the molecule is CN(C)CCN1CC2(CCC1=O)CCN(C(=O)Nc1ccc(F)cc1)CC2.